The lowest BCUT2D eigenvalue weighted by Crippen LogP contribution is -2.06. The van der Waals surface area contributed by atoms with Crippen molar-refractivity contribution in [3.05, 3.63) is 35.5 Å². The van der Waals surface area contributed by atoms with Gasteiger partial charge in [-0.15, -0.1) is 0 Å². The van der Waals surface area contributed by atoms with Gasteiger partial charge in [0.15, 0.2) is 17.2 Å². The molecule has 3 aromatic heterocycles. The Balaban J connectivity index is 1.88. The van der Waals surface area contributed by atoms with Crippen LogP contribution in [-0.2, 0) is 6.54 Å². The van der Waals surface area contributed by atoms with Crippen LogP contribution in [0.3, 0.4) is 0 Å². The van der Waals surface area contributed by atoms with Crippen LogP contribution in [-0.4, -0.2) is 24.9 Å². The number of anilines is 1. The molecule has 102 valence electrons. The van der Waals surface area contributed by atoms with E-state index >= 15 is 0 Å². The van der Waals surface area contributed by atoms with Gasteiger partial charge in [-0.05, 0) is 13.8 Å². The average Bonchev–Trinajstić information content (AvgIpc) is 2.78. The summed E-state index contributed by atoms with van der Waals surface area (Å²) >= 11 is 0. The van der Waals surface area contributed by atoms with E-state index in [1.807, 2.05) is 13.8 Å². The molecule has 3 heterocycles. The maximum absolute atomic E-state index is 5.43. The van der Waals surface area contributed by atoms with Gasteiger partial charge in [-0.3, -0.25) is 9.97 Å². The average molecular weight is 270 g/mol. The highest BCUT2D eigenvalue weighted by molar-refractivity contribution is 5.81. The summed E-state index contributed by atoms with van der Waals surface area (Å²) in [6.07, 6.45) is 3.47. The number of aryl methyl sites for hydroxylation is 3. The maximum atomic E-state index is 5.43. The monoisotopic (exact) mass is 270 g/mol. The first-order valence-electron chi connectivity index (χ1n) is 6.25. The van der Waals surface area contributed by atoms with E-state index in [1.165, 1.54) is 0 Å². The number of oxazole rings is 1. The van der Waals surface area contributed by atoms with Crippen LogP contribution in [0.15, 0.2) is 16.8 Å². The molecular weight excluding hydrogens is 256 g/mol. The lowest BCUT2D eigenvalue weighted by Gasteiger charge is -2.05. The Bertz CT molecular complexity index is 749. The Kier molecular flexibility index (Phi) is 3.02. The Morgan fingerprint density at radius 2 is 1.90 bits per heavy atom. The lowest BCUT2D eigenvalue weighted by atomic mass is 10.4. The molecule has 0 saturated carbocycles. The molecular formula is C13H14N6O. The summed E-state index contributed by atoms with van der Waals surface area (Å²) in [7, 11) is 0. The summed E-state index contributed by atoms with van der Waals surface area (Å²) in [4.78, 5) is 21.4. The van der Waals surface area contributed by atoms with E-state index in [0.717, 1.165) is 11.4 Å². The first-order chi connectivity index (χ1) is 9.61. The van der Waals surface area contributed by atoms with Gasteiger partial charge >= 0.3 is 0 Å². The van der Waals surface area contributed by atoms with Crippen molar-refractivity contribution in [3.8, 4) is 0 Å². The summed E-state index contributed by atoms with van der Waals surface area (Å²) in [5.74, 6) is 1.84. The molecule has 0 aromatic carbocycles. The Morgan fingerprint density at radius 1 is 1.05 bits per heavy atom. The zero-order valence-electron chi connectivity index (χ0n) is 11.5. The van der Waals surface area contributed by atoms with Gasteiger partial charge in [0.25, 0.3) is 5.71 Å². The summed E-state index contributed by atoms with van der Waals surface area (Å²) in [6, 6.07) is 0. The van der Waals surface area contributed by atoms with Gasteiger partial charge in [0.1, 0.15) is 5.82 Å². The second-order valence-corrected chi connectivity index (χ2v) is 4.51. The zero-order chi connectivity index (χ0) is 14.1. The van der Waals surface area contributed by atoms with E-state index in [2.05, 4.69) is 30.2 Å². The van der Waals surface area contributed by atoms with Crippen molar-refractivity contribution >= 4 is 17.0 Å². The van der Waals surface area contributed by atoms with Crippen LogP contribution in [0.25, 0.3) is 11.2 Å². The molecule has 1 N–H and O–H groups in total. The second-order valence-electron chi connectivity index (χ2n) is 4.51. The summed E-state index contributed by atoms with van der Waals surface area (Å²) in [5.41, 5.74) is 2.85. The Morgan fingerprint density at radius 3 is 2.65 bits per heavy atom. The fourth-order valence-electron chi connectivity index (χ4n) is 1.84. The van der Waals surface area contributed by atoms with Crippen molar-refractivity contribution in [3.63, 3.8) is 0 Å². The van der Waals surface area contributed by atoms with Gasteiger partial charge < -0.3 is 9.73 Å². The van der Waals surface area contributed by atoms with Crippen LogP contribution in [0.5, 0.6) is 0 Å². The number of nitrogens with one attached hydrogen (secondary N) is 1. The van der Waals surface area contributed by atoms with Gasteiger partial charge in [0, 0.05) is 13.1 Å². The minimum absolute atomic E-state index is 0.493. The van der Waals surface area contributed by atoms with Crippen LogP contribution >= 0.6 is 0 Å². The molecule has 3 aromatic rings. The molecule has 0 unspecified atom stereocenters. The number of fused-ring (bicyclic) bond motifs is 1. The molecule has 3 rings (SSSR count). The Labute approximate surface area is 115 Å². The fraction of sp³-hybridized carbons (Fsp3) is 0.308. The molecule has 0 aliphatic carbocycles. The van der Waals surface area contributed by atoms with Crippen LogP contribution in [0.4, 0.5) is 5.82 Å². The summed E-state index contributed by atoms with van der Waals surface area (Å²) < 4.78 is 5.43. The van der Waals surface area contributed by atoms with E-state index in [1.54, 1.807) is 19.3 Å². The third-order valence-corrected chi connectivity index (χ3v) is 2.75. The largest absolute Gasteiger partial charge is 0.422 e. The molecule has 0 aliphatic rings. The zero-order valence-corrected chi connectivity index (χ0v) is 11.5. The highest BCUT2D eigenvalue weighted by atomic mass is 16.4. The number of aromatic nitrogens is 5. The smallest absolute Gasteiger partial charge is 0.252 e. The highest BCUT2D eigenvalue weighted by Gasteiger charge is 2.11. The molecule has 0 amide bonds. The van der Waals surface area contributed by atoms with E-state index in [0.29, 0.717) is 35.3 Å². The molecule has 0 radical (unpaired) electrons. The third-order valence-electron chi connectivity index (χ3n) is 2.75. The summed E-state index contributed by atoms with van der Waals surface area (Å²) in [6.45, 7) is 6.02. The predicted octanol–water partition coefficient (Wildman–Crippen LogP) is 1.95. The topological polar surface area (TPSA) is 89.6 Å². The molecule has 20 heavy (non-hydrogen) atoms. The van der Waals surface area contributed by atoms with E-state index in [-0.39, 0.29) is 0 Å². The number of hydrogen-bond donors (Lipinski definition) is 1. The van der Waals surface area contributed by atoms with Crippen molar-refractivity contribution in [2.45, 2.75) is 27.3 Å². The first kappa shape index (κ1) is 12.5. The van der Waals surface area contributed by atoms with Crippen molar-refractivity contribution in [1.82, 2.24) is 24.9 Å². The maximum Gasteiger partial charge on any atom is 0.252 e. The number of nitrogens with zero attached hydrogens (tertiary/aromatic N) is 5. The van der Waals surface area contributed by atoms with Gasteiger partial charge in [-0.25, -0.2) is 9.97 Å². The molecule has 0 spiro atoms. The van der Waals surface area contributed by atoms with Gasteiger partial charge in [-0.1, -0.05) is 0 Å². The van der Waals surface area contributed by atoms with Crippen LogP contribution < -0.4 is 5.32 Å². The van der Waals surface area contributed by atoms with Gasteiger partial charge in [0.05, 0.1) is 24.1 Å². The van der Waals surface area contributed by atoms with Crippen LogP contribution in [0, 0.1) is 20.8 Å². The molecule has 0 fully saturated rings. The number of rotatable bonds is 3. The molecule has 7 nitrogen and oxygen atoms in total. The third kappa shape index (κ3) is 2.42. The van der Waals surface area contributed by atoms with E-state index in [4.69, 9.17) is 4.42 Å². The highest BCUT2D eigenvalue weighted by Crippen LogP contribution is 2.20. The fourth-order valence-corrected chi connectivity index (χ4v) is 1.84. The van der Waals surface area contributed by atoms with Gasteiger partial charge in [0.2, 0.25) is 0 Å². The molecule has 7 heteroatoms. The van der Waals surface area contributed by atoms with Crippen LogP contribution in [0.1, 0.15) is 23.1 Å². The lowest BCUT2D eigenvalue weighted by molar-refractivity contribution is 0.550. The van der Waals surface area contributed by atoms with Crippen molar-refractivity contribution < 1.29 is 4.42 Å². The summed E-state index contributed by atoms with van der Waals surface area (Å²) in [5, 5.41) is 3.20. The SMILES string of the molecule is Cc1cnc(CNc2nc(C)nc3oc(C)nc23)cn1. The Hall–Kier alpha value is -2.57. The van der Waals surface area contributed by atoms with Gasteiger partial charge in [-0.2, -0.15) is 4.98 Å². The minimum atomic E-state index is 0.493. The molecule has 0 aliphatic heterocycles. The van der Waals surface area contributed by atoms with Crippen molar-refractivity contribution in [1.29, 1.82) is 0 Å². The normalized spacial score (nSPS) is 10.9. The van der Waals surface area contributed by atoms with Crippen molar-refractivity contribution in [2.75, 3.05) is 5.32 Å². The molecule has 0 atom stereocenters. The quantitative estimate of drug-likeness (QED) is 0.777. The van der Waals surface area contributed by atoms with E-state index < -0.39 is 0 Å². The molecule has 0 bridgehead atoms. The number of hydrogen-bond acceptors (Lipinski definition) is 7. The van der Waals surface area contributed by atoms with Crippen LogP contribution in [0.2, 0.25) is 0 Å². The minimum Gasteiger partial charge on any atom is -0.422 e. The van der Waals surface area contributed by atoms with E-state index in [9.17, 15) is 0 Å². The second kappa shape index (κ2) is 4.84. The van der Waals surface area contributed by atoms with Crippen molar-refractivity contribution in [2.24, 2.45) is 0 Å². The predicted molar refractivity (Wildman–Crippen MR) is 73.2 cm³/mol. The first-order valence-corrected chi connectivity index (χ1v) is 6.25. The molecule has 0 saturated heterocycles. The standard InChI is InChI=1S/C13H14N6O/c1-7-4-15-10(5-14-7)6-16-12-11-13(18-8(2)17-12)20-9(3)19-11/h4-5H,6H2,1-3H3,(H,16,17,18).